The molecule has 86 valence electrons. The van der Waals surface area contributed by atoms with E-state index in [0.717, 1.165) is 0 Å². The highest BCUT2D eigenvalue weighted by Gasteiger charge is 2.21. The van der Waals surface area contributed by atoms with E-state index < -0.39 is 11.7 Å². The van der Waals surface area contributed by atoms with E-state index in [2.05, 4.69) is 12.0 Å². The van der Waals surface area contributed by atoms with Gasteiger partial charge in [0.1, 0.15) is 5.60 Å². The number of hydrogen-bond donors (Lipinski definition) is 1. The van der Waals surface area contributed by atoms with Crippen molar-refractivity contribution in [2.45, 2.75) is 46.3 Å². The van der Waals surface area contributed by atoms with Crippen LogP contribution in [0.1, 0.15) is 34.6 Å². The summed E-state index contributed by atoms with van der Waals surface area (Å²) in [5.74, 6) is 2.66. The minimum absolute atomic E-state index is 0.127. The number of hydrogen-bond acceptors (Lipinski definition) is 3. The Morgan fingerprint density at radius 3 is 2.40 bits per heavy atom. The van der Waals surface area contributed by atoms with Crippen LogP contribution in [0.15, 0.2) is 0 Å². The van der Waals surface area contributed by atoms with Crippen LogP contribution in [-0.4, -0.2) is 29.2 Å². The number of carbonyl (C=O) groups excluding carboxylic acids is 1. The minimum Gasteiger partial charge on any atom is -0.443 e. The van der Waals surface area contributed by atoms with E-state index in [0.29, 0.717) is 6.54 Å². The SMILES string of the molecule is CC#CN(CC(C)N)C(=O)OC(C)(C)C. The Kier molecular flexibility index (Phi) is 5.16. The average molecular weight is 212 g/mol. The summed E-state index contributed by atoms with van der Waals surface area (Å²) in [6.45, 7) is 9.29. The molecule has 0 aromatic carbocycles. The van der Waals surface area contributed by atoms with Crippen molar-refractivity contribution in [1.29, 1.82) is 0 Å². The molecule has 0 aliphatic heterocycles. The molecule has 0 aromatic heterocycles. The van der Waals surface area contributed by atoms with Crippen LogP contribution in [0.5, 0.6) is 0 Å². The Morgan fingerprint density at radius 1 is 1.53 bits per heavy atom. The number of carbonyl (C=O) groups is 1. The van der Waals surface area contributed by atoms with Gasteiger partial charge < -0.3 is 10.5 Å². The van der Waals surface area contributed by atoms with Crippen molar-refractivity contribution in [3.8, 4) is 12.0 Å². The Morgan fingerprint density at radius 2 is 2.07 bits per heavy atom. The zero-order valence-corrected chi connectivity index (χ0v) is 10.1. The van der Waals surface area contributed by atoms with E-state index in [1.165, 1.54) is 4.90 Å². The van der Waals surface area contributed by atoms with Gasteiger partial charge in [0.2, 0.25) is 0 Å². The quantitative estimate of drug-likeness (QED) is 0.558. The van der Waals surface area contributed by atoms with Crippen molar-refractivity contribution in [1.82, 2.24) is 4.90 Å². The predicted molar refractivity (Wildman–Crippen MR) is 60.0 cm³/mol. The van der Waals surface area contributed by atoms with Crippen LogP contribution in [-0.2, 0) is 4.74 Å². The first-order chi connectivity index (χ1) is 6.76. The Labute approximate surface area is 91.8 Å². The maximum absolute atomic E-state index is 11.6. The molecule has 0 saturated carbocycles. The first kappa shape index (κ1) is 13.8. The van der Waals surface area contributed by atoms with E-state index >= 15 is 0 Å². The lowest BCUT2D eigenvalue weighted by atomic mass is 10.2. The van der Waals surface area contributed by atoms with Gasteiger partial charge in [-0.2, -0.15) is 0 Å². The number of rotatable bonds is 2. The van der Waals surface area contributed by atoms with Crippen LogP contribution in [0.4, 0.5) is 4.79 Å². The highest BCUT2D eigenvalue weighted by molar-refractivity contribution is 5.70. The molecule has 0 spiro atoms. The number of nitrogens with zero attached hydrogens (tertiary/aromatic N) is 1. The first-order valence-electron chi connectivity index (χ1n) is 4.94. The minimum atomic E-state index is -0.511. The smallest absolute Gasteiger partial charge is 0.422 e. The van der Waals surface area contributed by atoms with Gasteiger partial charge in [0.15, 0.2) is 0 Å². The van der Waals surface area contributed by atoms with E-state index in [1.54, 1.807) is 6.92 Å². The summed E-state index contributed by atoms with van der Waals surface area (Å²) in [7, 11) is 0. The van der Waals surface area contributed by atoms with Crippen LogP contribution in [0.2, 0.25) is 0 Å². The summed E-state index contributed by atoms with van der Waals surface area (Å²) >= 11 is 0. The van der Waals surface area contributed by atoms with Gasteiger partial charge in [-0.1, -0.05) is 5.92 Å². The Bertz CT molecular complexity index is 269. The summed E-state index contributed by atoms with van der Waals surface area (Å²) in [6.07, 6.45) is -0.450. The Balaban J connectivity index is 4.47. The summed E-state index contributed by atoms with van der Waals surface area (Å²) < 4.78 is 5.18. The second-order valence-electron chi connectivity index (χ2n) is 4.43. The van der Waals surface area contributed by atoms with E-state index in [4.69, 9.17) is 10.5 Å². The molecule has 0 bridgehead atoms. The third kappa shape index (κ3) is 6.81. The van der Waals surface area contributed by atoms with Crippen LogP contribution in [0.25, 0.3) is 0 Å². The molecule has 0 rings (SSSR count). The second-order valence-corrected chi connectivity index (χ2v) is 4.43. The van der Waals surface area contributed by atoms with Gasteiger partial charge in [-0.3, -0.25) is 0 Å². The van der Waals surface area contributed by atoms with Crippen molar-refractivity contribution >= 4 is 6.09 Å². The maximum Gasteiger partial charge on any atom is 0.422 e. The molecule has 1 amide bonds. The topological polar surface area (TPSA) is 55.6 Å². The predicted octanol–water partition coefficient (Wildman–Crippen LogP) is 1.55. The molecule has 1 atom stereocenters. The molecule has 4 heteroatoms. The molecule has 0 aliphatic carbocycles. The van der Waals surface area contributed by atoms with Crippen molar-refractivity contribution < 1.29 is 9.53 Å². The van der Waals surface area contributed by atoms with Crippen LogP contribution in [0, 0.1) is 12.0 Å². The second kappa shape index (κ2) is 5.62. The molecule has 0 heterocycles. The monoisotopic (exact) mass is 212 g/mol. The summed E-state index contributed by atoms with van der Waals surface area (Å²) in [4.78, 5) is 12.9. The molecule has 1 unspecified atom stereocenters. The molecule has 15 heavy (non-hydrogen) atoms. The fourth-order valence-corrected chi connectivity index (χ4v) is 0.906. The average Bonchev–Trinajstić information content (AvgIpc) is 1.99. The number of ether oxygens (including phenoxy) is 1. The molecular formula is C11H20N2O2. The molecular weight excluding hydrogens is 192 g/mol. The summed E-state index contributed by atoms with van der Waals surface area (Å²) in [5.41, 5.74) is 5.10. The van der Waals surface area contributed by atoms with E-state index in [-0.39, 0.29) is 6.04 Å². The van der Waals surface area contributed by atoms with Crippen molar-refractivity contribution in [3.63, 3.8) is 0 Å². The number of amides is 1. The Hall–Kier alpha value is -1.21. The highest BCUT2D eigenvalue weighted by atomic mass is 16.6. The molecule has 4 nitrogen and oxygen atoms in total. The first-order valence-corrected chi connectivity index (χ1v) is 4.94. The highest BCUT2D eigenvalue weighted by Crippen LogP contribution is 2.09. The van der Waals surface area contributed by atoms with E-state index in [1.807, 2.05) is 27.7 Å². The lowest BCUT2D eigenvalue weighted by molar-refractivity contribution is 0.0346. The van der Waals surface area contributed by atoms with Gasteiger partial charge in [0.05, 0.1) is 6.54 Å². The normalized spacial score (nSPS) is 12.4. The fourth-order valence-electron chi connectivity index (χ4n) is 0.906. The van der Waals surface area contributed by atoms with E-state index in [9.17, 15) is 4.79 Å². The molecule has 2 N–H and O–H groups in total. The molecule has 0 radical (unpaired) electrons. The van der Waals surface area contributed by atoms with Crippen LogP contribution < -0.4 is 5.73 Å². The largest absolute Gasteiger partial charge is 0.443 e. The van der Waals surface area contributed by atoms with Crippen molar-refractivity contribution in [3.05, 3.63) is 0 Å². The number of nitrogens with two attached hydrogens (primary N) is 1. The van der Waals surface area contributed by atoms with Gasteiger partial charge in [-0.15, -0.1) is 0 Å². The standard InChI is InChI=1S/C11H20N2O2/c1-6-7-13(8-9(2)12)10(14)15-11(3,4)5/h9H,8,12H2,1-5H3. The lowest BCUT2D eigenvalue weighted by Gasteiger charge is -2.24. The fraction of sp³-hybridized carbons (Fsp3) is 0.727. The van der Waals surface area contributed by atoms with Gasteiger partial charge in [0, 0.05) is 12.1 Å². The summed E-state index contributed by atoms with van der Waals surface area (Å²) in [5, 5.41) is 0. The molecule has 0 fully saturated rings. The van der Waals surface area contributed by atoms with Crippen molar-refractivity contribution in [2.75, 3.05) is 6.54 Å². The maximum atomic E-state index is 11.6. The van der Waals surface area contributed by atoms with Gasteiger partial charge in [-0.25, -0.2) is 9.69 Å². The third-order valence-corrected chi connectivity index (χ3v) is 1.33. The zero-order chi connectivity index (χ0) is 12.1. The summed E-state index contributed by atoms with van der Waals surface area (Å²) in [6, 6.07) is 2.54. The lowest BCUT2D eigenvalue weighted by Crippen LogP contribution is -2.40. The molecule has 0 aromatic rings. The molecule has 0 saturated heterocycles. The van der Waals surface area contributed by atoms with Gasteiger partial charge >= 0.3 is 6.09 Å². The van der Waals surface area contributed by atoms with Gasteiger partial charge in [0.25, 0.3) is 0 Å². The van der Waals surface area contributed by atoms with Crippen LogP contribution >= 0.6 is 0 Å². The zero-order valence-electron chi connectivity index (χ0n) is 10.1. The van der Waals surface area contributed by atoms with Crippen LogP contribution in [0.3, 0.4) is 0 Å². The molecule has 0 aliphatic rings. The van der Waals surface area contributed by atoms with Crippen molar-refractivity contribution in [2.24, 2.45) is 5.73 Å². The van der Waals surface area contributed by atoms with Gasteiger partial charge in [-0.05, 0) is 34.6 Å². The third-order valence-electron chi connectivity index (χ3n) is 1.33.